The molecule has 0 aliphatic carbocycles. The van der Waals surface area contributed by atoms with Crippen molar-refractivity contribution in [2.45, 2.75) is 44.8 Å². The van der Waals surface area contributed by atoms with E-state index in [-0.39, 0.29) is 29.8 Å². The Balaban J connectivity index is 1.40. The van der Waals surface area contributed by atoms with Crippen LogP contribution in [0.3, 0.4) is 0 Å². The Morgan fingerprint density at radius 2 is 2.19 bits per heavy atom. The Labute approximate surface area is 160 Å². The maximum atomic E-state index is 12.9. The third kappa shape index (κ3) is 3.05. The molecule has 1 aromatic rings. The molecule has 3 saturated heterocycles. The number of nitrogens with two attached hydrogens (primary N) is 1. The first kappa shape index (κ1) is 18.4. The quantitative estimate of drug-likeness (QED) is 0.779. The minimum absolute atomic E-state index is 0.0389. The second-order valence-corrected chi connectivity index (χ2v) is 8.27. The monoisotopic (exact) mass is 371 g/mol. The maximum absolute atomic E-state index is 12.9. The fourth-order valence-corrected chi connectivity index (χ4v) is 5.09. The molecule has 0 aromatic heterocycles. The lowest BCUT2D eigenvalue weighted by Crippen LogP contribution is -2.46. The molecule has 3 aliphatic heterocycles. The number of nitrogens with zero attached hydrogens (tertiary/aromatic N) is 1. The van der Waals surface area contributed by atoms with Gasteiger partial charge in [-0.25, -0.2) is 0 Å². The fourth-order valence-electron chi connectivity index (χ4n) is 5.09. The zero-order valence-corrected chi connectivity index (χ0v) is 16.2. The number of amides is 2. The zero-order chi connectivity index (χ0) is 19.2. The molecule has 3 fully saturated rings. The van der Waals surface area contributed by atoms with Crippen molar-refractivity contribution in [1.29, 1.82) is 0 Å². The van der Waals surface area contributed by atoms with Gasteiger partial charge in [-0.1, -0.05) is 18.2 Å². The molecule has 6 heteroatoms. The summed E-state index contributed by atoms with van der Waals surface area (Å²) >= 11 is 0. The lowest BCUT2D eigenvalue weighted by molar-refractivity contribution is -0.138. The summed E-state index contributed by atoms with van der Waals surface area (Å²) in [7, 11) is 0. The molecular weight excluding hydrogens is 342 g/mol. The highest BCUT2D eigenvalue weighted by Gasteiger charge is 2.68. The van der Waals surface area contributed by atoms with Crippen LogP contribution in [0, 0.1) is 25.7 Å². The summed E-state index contributed by atoms with van der Waals surface area (Å²) < 4.78 is 6.19. The second-order valence-electron chi connectivity index (χ2n) is 8.27. The van der Waals surface area contributed by atoms with Gasteiger partial charge in [0.1, 0.15) is 0 Å². The minimum atomic E-state index is -0.465. The van der Waals surface area contributed by atoms with Crippen molar-refractivity contribution in [3.8, 4) is 0 Å². The summed E-state index contributed by atoms with van der Waals surface area (Å²) in [6.07, 6.45) is 2.38. The number of ether oxygens (including phenoxy) is 1. The Bertz CT molecular complexity index is 765. The molecular formula is C21H29N3O3. The molecule has 6 nitrogen and oxygen atoms in total. The predicted molar refractivity (Wildman–Crippen MR) is 102 cm³/mol. The van der Waals surface area contributed by atoms with Crippen LogP contribution >= 0.6 is 0 Å². The number of hydrogen-bond acceptors (Lipinski definition) is 4. The summed E-state index contributed by atoms with van der Waals surface area (Å²) in [6.45, 7) is 6.32. The van der Waals surface area contributed by atoms with E-state index in [4.69, 9.17) is 10.5 Å². The average Bonchev–Trinajstić information content (AvgIpc) is 3.27. The number of carbonyl (C=O) groups is 2. The van der Waals surface area contributed by atoms with Gasteiger partial charge in [0.25, 0.3) is 0 Å². The van der Waals surface area contributed by atoms with Crippen LogP contribution in [-0.2, 0) is 20.7 Å². The molecule has 3 N–H and O–H groups in total. The van der Waals surface area contributed by atoms with E-state index < -0.39 is 5.60 Å². The molecule has 146 valence electrons. The highest BCUT2D eigenvalue weighted by atomic mass is 16.5. The van der Waals surface area contributed by atoms with Gasteiger partial charge in [-0.2, -0.15) is 0 Å². The lowest BCUT2D eigenvalue weighted by Gasteiger charge is -2.27. The van der Waals surface area contributed by atoms with E-state index >= 15 is 0 Å². The number of fused-ring (bicyclic) bond motifs is 1. The number of nitrogens with one attached hydrogen (secondary N) is 1. The molecule has 4 atom stereocenters. The van der Waals surface area contributed by atoms with Gasteiger partial charge in [-0.3, -0.25) is 9.59 Å². The molecule has 0 radical (unpaired) electrons. The predicted octanol–water partition coefficient (Wildman–Crippen LogP) is 0.927. The molecule has 2 bridgehead atoms. The van der Waals surface area contributed by atoms with Gasteiger partial charge in [0.05, 0.1) is 30.1 Å². The van der Waals surface area contributed by atoms with Crippen LogP contribution in [0.15, 0.2) is 18.2 Å². The van der Waals surface area contributed by atoms with Crippen molar-refractivity contribution in [2.75, 3.05) is 26.2 Å². The maximum Gasteiger partial charge on any atom is 0.229 e. The van der Waals surface area contributed by atoms with Crippen molar-refractivity contribution in [3.05, 3.63) is 34.9 Å². The van der Waals surface area contributed by atoms with Crippen molar-refractivity contribution in [1.82, 2.24) is 10.2 Å². The number of hydrogen-bond donors (Lipinski definition) is 2. The standard InChI is InChI=1S/C21H29N3O3/c1-13-3-4-15(11-14(13)2)6-9-23-19(25)17-16-5-7-21(27-16)12-24(10-8-22)20(26)18(17)21/h3-4,11,16-18H,5-10,12,22H2,1-2H3,(H,23,25)/t16-,17-,18+,21-/m0/s1. The van der Waals surface area contributed by atoms with Gasteiger partial charge in [0.15, 0.2) is 0 Å². The lowest BCUT2D eigenvalue weighted by atomic mass is 9.73. The van der Waals surface area contributed by atoms with Crippen LogP contribution in [0.25, 0.3) is 0 Å². The average molecular weight is 371 g/mol. The van der Waals surface area contributed by atoms with Crippen LogP contribution in [0.1, 0.15) is 29.5 Å². The molecule has 0 unspecified atom stereocenters. The molecule has 1 aromatic carbocycles. The van der Waals surface area contributed by atoms with Gasteiger partial charge in [0.2, 0.25) is 11.8 Å². The van der Waals surface area contributed by atoms with Crippen molar-refractivity contribution >= 4 is 11.8 Å². The molecule has 0 saturated carbocycles. The van der Waals surface area contributed by atoms with Crippen LogP contribution in [-0.4, -0.2) is 54.6 Å². The van der Waals surface area contributed by atoms with Crippen LogP contribution < -0.4 is 11.1 Å². The molecule has 2 amide bonds. The number of benzene rings is 1. The summed E-state index contributed by atoms with van der Waals surface area (Å²) in [5.74, 6) is -0.714. The van der Waals surface area contributed by atoms with Crippen LogP contribution in [0.2, 0.25) is 0 Å². The van der Waals surface area contributed by atoms with Gasteiger partial charge in [0, 0.05) is 19.6 Å². The highest BCUT2D eigenvalue weighted by molar-refractivity contribution is 5.92. The largest absolute Gasteiger partial charge is 0.368 e. The molecule has 3 heterocycles. The summed E-state index contributed by atoms with van der Waals surface area (Å²) in [6, 6.07) is 6.39. The molecule has 27 heavy (non-hydrogen) atoms. The van der Waals surface area contributed by atoms with E-state index in [2.05, 4.69) is 37.4 Å². The van der Waals surface area contributed by atoms with Crippen LogP contribution in [0.5, 0.6) is 0 Å². The molecule has 4 rings (SSSR count). The number of aryl methyl sites for hydroxylation is 2. The van der Waals surface area contributed by atoms with E-state index in [0.29, 0.717) is 26.2 Å². The molecule has 1 spiro atoms. The summed E-state index contributed by atoms with van der Waals surface area (Å²) in [4.78, 5) is 27.5. The number of likely N-dealkylation sites (tertiary alicyclic amines) is 1. The van der Waals surface area contributed by atoms with E-state index in [1.807, 2.05) is 0 Å². The normalized spacial score (nSPS) is 31.4. The SMILES string of the molecule is Cc1ccc(CCNC(=O)[C@H]2[C@@H]3CC[C@@]4(CN(CCN)C(=O)[C@@H]24)O3)cc1C. The second kappa shape index (κ2) is 6.91. The van der Waals surface area contributed by atoms with E-state index in [1.54, 1.807) is 4.90 Å². The Kier molecular flexibility index (Phi) is 4.72. The highest BCUT2D eigenvalue weighted by Crippen LogP contribution is 2.55. The van der Waals surface area contributed by atoms with E-state index in [1.165, 1.54) is 16.7 Å². The Morgan fingerprint density at radius 1 is 1.37 bits per heavy atom. The Morgan fingerprint density at radius 3 is 2.93 bits per heavy atom. The first-order valence-electron chi connectivity index (χ1n) is 9.96. The zero-order valence-electron chi connectivity index (χ0n) is 16.2. The van der Waals surface area contributed by atoms with E-state index in [0.717, 1.165) is 19.3 Å². The summed E-state index contributed by atoms with van der Waals surface area (Å²) in [5.41, 5.74) is 8.92. The smallest absolute Gasteiger partial charge is 0.229 e. The van der Waals surface area contributed by atoms with Crippen LogP contribution in [0.4, 0.5) is 0 Å². The van der Waals surface area contributed by atoms with E-state index in [9.17, 15) is 9.59 Å². The minimum Gasteiger partial charge on any atom is -0.368 e. The fraction of sp³-hybridized carbons (Fsp3) is 0.619. The number of carbonyl (C=O) groups excluding carboxylic acids is 2. The van der Waals surface area contributed by atoms with Crippen molar-refractivity contribution in [2.24, 2.45) is 17.6 Å². The number of rotatable bonds is 6. The first-order valence-corrected chi connectivity index (χ1v) is 9.96. The summed E-state index contributed by atoms with van der Waals surface area (Å²) in [5, 5.41) is 3.05. The third-order valence-corrected chi connectivity index (χ3v) is 6.59. The topological polar surface area (TPSA) is 84.7 Å². The Hall–Kier alpha value is -1.92. The third-order valence-electron chi connectivity index (χ3n) is 6.59. The first-order chi connectivity index (χ1) is 12.9. The van der Waals surface area contributed by atoms with Gasteiger partial charge >= 0.3 is 0 Å². The van der Waals surface area contributed by atoms with Crippen molar-refractivity contribution in [3.63, 3.8) is 0 Å². The molecule has 3 aliphatic rings. The van der Waals surface area contributed by atoms with Gasteiger partial charge in [-0.15, -0.1) is 0 Å². The van der Waals surface area contributed by atoms with Gasteiger partial charge in [-0.05, 0) is 49.8 Å². The van der Waals surface area contributed by atoms with Gasteiger partial charge < -0.3 is 20.7 Å². The van der Waals surface area contributed by atoms with Crippen molar-refractivity contribution < 1.29 is 14.3 Å².